The molecule has 3 unspecified atom stereocenters. The number of carbonyl (C=O) groups is 1. The van der Waals surface area contributed by atoms with Crippen LogP contribution in [0.25, 0.3) is 0 Å². The fraction of sp³-hybridized carbons (Fsp3) is 0.857. The van der Waals surface area contributed by atoms with Gasteiger partial charge in [0, 0.05) is 6.04 Å². The summed E-state index contributed by atoms with van der Waals surface area (Å²) in [5, 5.41) is 11.8. The van der Waals surface area contributed by atoms with Crippen LogP contribution in [0.5, 0.6) is 0 Å². The zero-order valence-corrected chi connectivity index (χ0v) is 5.71. The molecule has 1 aliphatic carbocycles. The molecule has 1 heterocycles. The van der Waals surface area contributed by atoms with Crippen LogP contribution in [-0.2, 0) is 4.79 Å². The highest BCUT2D eigenvalue weighted by Gasteiger charge is 2.42. The first-order chi connectivity index (χ1) is 4.77. The van der Waals surface area contributed by atoms with Crippen molar-refractivity contribution in [2.24, 2.45) is 5.92 Å². The smallest absolute Gasteiger partial charge is 0.320 e. The van der Waals surface area contributed by atoms with Crippen molar-refractivity contribution in [1.29, 1.82) is 0 Å². The number of carboxylic acids is 1. The molecule has 0 aromatic rings. The summed E-state index contributed by atoms with van der Waals surface area (Å²) in [7, 11) is 0. The summed E-state index contributed by atoms with van der Waals surface area (Å²) in [4.78, 5) is 10.5. The van der Waals surface area contributed by atoms with Crippen LogP contribution in [0.2, 0.25) is 0 Å². The van der Waals surface area contributed by atoms with Crippen molar-refractivity contribution in [3.05, 3.63) is 0 Å². The molecule has 56 valence electrons. The fourth-order valence-electron chi connectivity index (χ4n) is 2.13. The van der Waals surface area contributed by atoms with Gasteiger partial charge in [-0.05, 0) is 25.2 Å². The third-order valence-electron chi connectivity index (χ3n) is 2.63. The zero-order chi connectivity index (χ0) is 7.14. The molecule has 2 bridgehead atoms. The molecule has 2 N–H and O–H groups in total. The van der Waals surface area contributed by atoms with Crippen LogP contribution < -0.4 is 5.32 Å². The largest absolute Gasteiger partial charge is 0.480 e. The van der Waals surface area contributed by atoms with Gasteiger partial charge in [0.05, 0.1) is 0 Å². The molecule has 0 aromatic carbocycles. The maximum absolute atomic E-state index is 10.5. The first-order valence-corrected chi connectivity index (χ1v) is 3.76. The Morgan fingerprint density at radius 1 is 1.50 bits per heavy atom. The standard InChI is InChI=1S/C7H11NO2/c9-7(10)6-4-1-2-5(3-4)8-6/h4-6,8H,1-3H2,(H,9,10). The second-order valence-corrected chi connectivity index (χ2v) is 3.25. The van der Waals surface area contributed by atoms with E-state index in [2.05, 4.69) is 5.32 Å². The van der Waals surface area contributed by atoms with Gasteiger partial charge in [0.25, 0.3) is 0 Å². The van der Waals surface area contributed by atoms with Gasteiger partial charge in [-0.15, -0.1) is 0 Å². The minimum Gasteiger partial charge on any atom is -0.480 e. The molecule has 2 fully saturated rings. The highest BCUT2D eigenvalue weighted by atomic mass is 16.4. The second-order valence-electron chi connectivity index (χ2n) is 3.25. The lowest BCUT2D eigenvalue weighted by atomic mass is 10.0. The molecule has 1 saturated carbocycles. The van der Waals surface area contributed by atoms with Crippen molar-refractivity contribution in [1.82, 2.24) is 5.32 Å². The van der Waals surface area contributed by atoms with Crippen LogP contribution in [0.3, 0.4) is 0 Å². The zero-order valence-electron chi connectivity index (χ0n) is 5.71. The van der Waals surface area contributed by atoms with E-state index in [-0.39, 0.29) is 6.04 Å². The van der Waals surface area contributed by atoms with Crippen LogP contribution in [0, 0.1) is 5.92 Å². The molecule has 3 nitrogen and oxygen atoms in total. The Kier molecular flexibility index (Phi) is 1.20. The lowest BCUT2D eigenvalue weighted by Gasteiger charge is -2.18. The Labute approximate surface area is 59.4 Å². The number of hydrogen-bond acceptors (Lipinski definition) is 2. The number of nitrogens with one attached hydrogen (secondary N) is 1. The van der Waals surface area contributed by atoms with Crippen LogP contribution in [0.15, 0.2) is 0 Å². The number of hydrogen-bond donors (Lipinski definition) is 2. The van der Waals surface area contributed by atoms with E-state index in [1.54, 1.807) is 0 Å². The van der Waals surface area contributed by atoms with Crippen LogP contribution in [-0.4, -0.2) is 23.2 Å². The lowest BCUT2D eigenvalue weighted by Crippen LogP contribution is -2.41. The van der Waals surface area contributed by atoms with Gasteiger partial charge < -0.3 is 10.4 Å². The summed E-state index contributed by atoms with van der Waals surface area (Å²) in [5.41, 5.74) is 0. The summed E-state index contributed by atoms with van der Waals surface area (Å²) in [6, 6.07) is 0.268. The van der Waals surface area contributed by atoms with Gasteiger partial charge in [-0.1, -0.05) is 0 Å². The lowest BCUT2D eigenvalue weighted by molar-refractivity contribution is -0.140. The van der Waals surface area contributed by atoms with Gasteiger partial charge >= 0.3 is 5.97 Å². The van der Waals surface area contributed by atoms with E-state index < -0.39 is 5.97 Å². The molecular weight excluding hydrogens is 130 g/mol. The van der Waals surface area contributed by atoms with Gasteiger partial charge in [-0.25, -0.2) is 0 Å². The Hall–Kier alpha value is -0.570. The van der Waals surface area contributed by atoms with Crippen LogP contribution >= 0.6 is 0 Å². The molecular formula is C7H11NO2. The SMILES string of the molecule is O=C(O)C1NC2CCC1C2. The topological polar surface area (TPSA) is 49.3 Å². The average Bonchev–Trinajstić information content (AvgIpc) is 2.44. The highest BCUT2D eigenvalue weighted by Crippen LogP contribution is 2.34. The summed E-state index contributed by atoms with van der Waals surface area (Å²) in [6.07, 6.45) is 3.36. The Morgan fingerprint density at radius 3 is 2.60 bits per heavy atom. The van der Waals surface area contributed by atoms with Crippen molar-refractivity contribution in [3.63, 3.8) is 0 Å². The molecule has 0 aromatic heterocycles. The quantitative estimate of drug-likeness (QED) is 0.549. The molecule has 0 spiro atoms. The number of piperidine rings is 1. The highest BCUT2D eigenvalue weighted by molar-refractivity contribution is 5.74. The second kappa shape index (κ2) is 1.95. The third kappa shape index (κ3) is 0.736. The predicted molar refractivity (Wildman–Crippen MR) is 35.7 cm³/mol. The number of aliphatic carboxylic acids is 1. The summed E-state index contributed by atoms with van der Waals surface area (Å²) < 4.78 is 0. The van der Waals surface area contributed by atoms with Crippen molar-refractivity contribution in [3.8, 4) is 0 Å². The first-order valence-electron chi connectivity index (χ1n) is 3.76. The van der Waals surface area contributed by atoms with E-state index in [1.807, 2.05) is 0 Å². The van der Waals surface area contributed by atoms with Crippen molar-refractivity contribution >= 4 is 5.97 Å². The molecule has 1 aliphatic heterocycles. The number of carboxylic acid groups (broad SMARTS) is 1. The average molecular weight is 141 g/mol. The molecule has 0 radical (unpaired) electrons. The van der Waals surface area contributed by atoms with Gasteiger partial charge in [0.15, 0.2) is 0 Å². The van der Waals surface area contributed by atoms with Gasteiger partial charge in [-0.3, -0.25) is 4.79 Å². The van der Waals surface area contributed by atoms with Crippen molar-refractivity contribution < 1.29 is 9.90 Å². The minimum absolute atomic E-state index is 0.237. The number of fused-ring (bicyclic) bond motifs is 2. The molecule has 2 aliphatic rings. The summed E-state index contributed by atoms with van der Waals surface area (Å²) in [6.45, 7) is 0. The van der Waals surface area contributed by atoms with Crippen LogP contribution in [0.1, 0.15) is 19.3 Å². The maximum atomic E-state index is 10.5. The first kappa shape index (κ1) is 6.16. The van der Waals surface area contributed by atoms with E-state index in [1.165, 1.54) is 6.42 Å². The van der Waals surface area contributed by atoms with Gasteiger partial charge in [0.1, 0.15) is 6.04 Å². The van der Waals surface area contributed by atoms with E-state index >= 15 is 0 Å². The van der Waals surface area contributed by atoms with Gasteiger partial charge in [-0.2, -0.15) is 0 Å². The maximum Gasteiger partial charge on any atom is 0.320 e. The molecule has 2 rings (SSSR count). The van der Waals surface area contributed by atoms with E-state index in [0.29, 0.717) is 12.0 Å². The monoisotopic (exact) mass is 141 g/mol. The van der Waals surface area contributed by atoms with E-state index in [4.69, 9.17) is 5.11 Å². The van der Waals surface area contributed by atoms with E-state index in [9.17, 15) is 4.79 Å². The van der Waals surface area contributed by atoms with Crippen LogP contribution in [0.4, 0.5) is 0 Å². The van der Waals surface area contributed by atoms with E-state index in [0.717, 1.165) is 12.8 Å². The Bertz CT molecular complexity index is 169. The fourth-order valence-corrected chi connectivity index (χ4v) is 2.13. The number of rotatable bonds is 1. The Morgan fingerprint density at radius 2 is 2.30 bits per heavy atom. The van der Waals surface area contributed by atoms with Gasteiger partial charge in [0.2, 0.25) is 0 Å². The summed E-state index contributed by atoms with van der Waals surface area (Å²) >= 11 is 0. The van der Waals surface area contributed by atoms with Crippen molar-refractivity contribution in [2.45, 2.75) is 31.3 Å². The summed E-state index contributed by atoms with van der Waals surface area (Å²) in [5.74, 6) is -0.255. The molecule has 1 saturated heterocycles. The normalized spacial score (nSPS) is 44.2. The molecule has 0 amide bonds. The molecule has 3 heteroatoms. The minimum atomic E-state index is -0.674. The molecule has 3 atom stereocenters. The third-order valence-corrected chi connectivity index (χ3v) is 2.63. The predicted octanol–water partition coefficient (Wildman–Crippen LogP) is 0.211. The molecule has 10 heavy (non-hydrogen) atoms. The van der Waals surface area contributed by atoms with Crippen molar-refractivity contribution in [2.75, 3.05) is 0 Å². The Balaban J connectivity index is 2.08.